The van der Waals surface area contributed by atoms with Gasteiger partial charge in [-0.05, 0) is 52.2 Å². The minimum Gasteiger partial charge on any atom is -0.493 e. The van der Waals surface area contributed by atoms with Crippen molar-refractivity contribution in [3.63, 3.8) is 0 Å². The minimum atomic E-state index is 0.0379. The number of ether oxygens (including phenoxy) is 1. The lowest BCUT2D eigenvalue weighted by molar-refractivity contribution is 0.104. The van der Waals surface area contributed by atoms with Crippen molar-refractivity contribution in [1.29, 1.82) is 0 Å². The van der Waals surface area contributed by atoms with Gasteiger partial charge in [0.2, 0.25) is 0 Å². The summed E-state index contributed by atoms with van der Waals surface area (Å²) in [7, 11) is 0. The molecule has 0 radical (unpaired) electrons. The van der Waals surface area contributed by atoms with E-state index in [1.54, 1.807) is 17.4 Å². The standard InChI is InChI=1S/C15H12O2S/c16-14(3-1-11-6-8-18-10-11)12-2-4-15-13(9-12)5-7-17-15/h1-4,6,8-10H,5,7H2/b3-1+. The molecule has 1 aliphatic rings. The molecule has 0 atom stereocenters. The third-order valence-electron chi connectivity index (χ3n) is 2.94. The van der Waals surface area contributed by atoms with Gasteiger partial charge in [0.15, 0.2) is 5.78 Å². The molecule has 0 saturated carbocycles. The molecule has 0 fully saturated rings. The fourth-order valence-electron chi connectivity index (χ4n) is 1.98. The van der Waals surface area contributed by atoms with Crippen LogP contribution in [0.3, 0.4) is 0 Å². The van der Waals surface area contributed by atoms with E-state index in [9.17, 15) is 4.79 Å². The summed E-state index contributed by atoms with van der Waals surface area (Å²) in [6.07, 6.45) is 4.37. The Bertz CT molecular complexity index is 597. The van der Waals surface area contributed by atoms with Crippen molar-refractivity contribution >= 4 is 23.2 Å². The number of thiophene rings is 1. The molecule has 1 aromatic heterocycles. The molecule has 2 heterocycles. The Morgan fingerprint density at radius 1 is 1.33 bits per heavy atom. The first-order valence-corrected chi connectivity index (χ1v) is 6.77. The molecular weight excluding hydrogens is 244 g/mol. The van der Waals surface area contributed by atoms with Gasteiger partial charge in [-0.15, -0.1) is 0 Å². The van der Waals surface area contributed by atoms with Gasteiger partial charge in [0.25, 0.3) is 0 Å². The Hall–Kier alpha value is -1.87. The topological polar surface area (TPSA) is 26.3 Å². The zero-order valence-corrected chi connectivity index (χ0v) is 10.6. The van der Waals surface area contributed by atoms with Gasteiger partial charge in [-0.3, -0.25) is 4.79 Å². The fraction of sp³-hybridized carbons (Fsp3) is 0.133. The molecule has 1 aliphatic heterocycles. The summed E-state index contributed by atoms with van der Waals surface area (Å²) in [4.78, 5) is 12.0. The predicted octanol–water partition coefficient (Wildman–Crippen LogP) is 3.58. The van der Waals surface area contributed by atoms with E-state index in [0.29, 0.717) is 0 Å². The largest absolute Gasteiger partial charge is 0.493 e. The molecule has 2 aromatic rings. The SMILES string of the molecule is O=C(/C=C/c1ccsc1)c1ccc2c(c1)CCO2. The Morgan fingerprint density at radius 3 is 3.11 bits per heavy atom. The second-order valence-electron chi connectivity index (χ2n) is 4.18. The fourth-order valence-corrected chi connectivity index (χ4v) is 2.61. The first-order chi connectivity index (χ1) is 8.83. The van der Waals surface area contributed by atoms with Crippen LogP contribution >= 0.6 is 11.3 Å². The third kappa shape index (κ3) is 2.22. The summed E-state index contributed by atoms with van der Waals surface area (Å²) in [6, 6.07) is 7.63. The summed E-state index contributed by atoms with van der Waals surface area (Å²) < 4.78 is 5.42. The van der Waals surface area contributed by atoms with Crippen LogP contribution in [0, 0.1) is 0 Å². The van der Waals surface area contributed by atoms with Crippen LogP contribution in [0.15, 0.2) is 41.1 Å². The second-order valence-corrected chi connectivity index (χ2v) is 4.96. The van der Waals surface area contributed by atoms with Gasteiger partial charge in [-0.25, -0.2) is 0 Å². The van der Waals surface area contributed by atoms with E-state index in [2.05, 4.69) is 0 Å². The van der Waals surface area contributed by atoms with Gasteiger partial charge < -0.3 is 4.74 Å². The lowest BCUT2D eigenvalue weighted by atomic mass is 10.0. The molecule has 0 saturated heterocycles. The van der Waals surface area contributed by atoms with Crippen LogP contribution in [0.25, 0.3) is 6.08 Å². The van der Waals surface area contributed by atoms with Crippen LogP contribution < -0.4 is 4.74 Å². The van der Waals surface area contributed by atoms with E-state index in [4.69, 9.17) is 4.74 Å². The highest BCUT2D eigenvalue weighted by atomic mass is 32.1. The number of hydrogen-bond acceptors (Lipinski definition) is 3. The van der Waals surface area contributed by atoms with E-state index >= 15 is 0 Å². The quantitative estimate of drug-likeness (QED) is 0.620. The van der Waals surface area contributed by atoms with Gasteiger partial charge in [-0.1, -0.05) is 6.08 Å². The third-order valence-corrected chi connectivity index (χ3v) is 3.65. The molecule has 0 spiro atoms. The zero-order valence-electron chi connectivity index (χ0n) is 9.76. The van der Waals surface area contributed by atoms with Crippen molar-refractivity contribution in [2.24, 2.45) is 0 Å². The monoisotopic (exact) mass is 256 g/mol. The normalized spacial score (nSPS) is 13.6. The van der Waals surface area contributed by atoms with Crippen LogP contribution in [-0.2, 0) is 6.42 Å². The van der Waals surface area contributed by atoms with Crippen molar-refractivity contribution in [2.45, 2.75) is 6.42 Å². The van der Waals surface area contributed by atoms with E-state index in [1.807, 2.05) is 41.1 Å². The first-order valence-electron chi connectivity index (χ1n) is 5.83. The molecule has 0 unspecified atom stereocenters. The lowest BCUT2D eigenvalue weighted by Gasteiger charge is -2.00. The van der Waals surface area contributed by atoms with Crippen molar-refractivity contribution < 1.29 is 9.53 Å². The van der Waals surface area contributed by atoms with E-state index in [-0.39, 0.29) is 5.78 Å². The van der Waals surface area contributed by atoms with Crippen molar-refractivity contribution in [2.75, 3.05) is 6.61 Å². The van der Waals surface area contributed by atoms with Crippen LogP contribution in [0.1, 0.15) is 21.5 Å². The number of allylic oxidation sites excluding steroid dienone is 1. The van der Waals surface area contributed by atoms with Gasteiger partial charge in [-0.2, -0.15) is 11.3 Å². The Labute approximate surface area is 110 Å². The summed E-state index contributed by atoms with van der Waals surface area (Å²) in [5, 5.41) is 4.01. The van der Waals surface area contributed by atoms with Crippen LogP contribution in [-0.4, -0.2) is 12.4 Å². The molecule has 0 bridgehead atoms. The molecule has 3 rings (SSSR count). The number of carbonyl (C=O) groups is 1. The smallest absolute Gasteiger partial charge is 0.185 e. The maximum Gasteiger partial charge on any atom is 0.185 e. The average Bonchev–Trinajstić information content (AvgIpc) is 3.05. The number of benzene rings is 1. The van der Waals surface area contributed by atoms with E-state index in [0.717, 1.165) is 35.5 Å². The van der Waals surface area contributed by atoms with Crippen LogP contribution in [0.5, 0.6) is 5.75 Å². The molecular formula is C15H12O2S. The highest BCUT2D eigenvalue weighted by Crippen LogP contribution is 2.26. The number of hydrogen-bond donors (Lipinski definition) is 0. The van der Waals surface area contributed by atoms with Crippen LogP contribution in [0.4, 0.5) is 0 Å². The Balaban J connectivity index is 1.80. The van der Waals surface area contributed by atoms with Gasteiger partial charge in [0, 0.05) is 12.0 Å². The van der Waals surface area contributed by atoms with Crippen molar-refractivity contribution in [1.82, 2.24) is 0 Å². The predicted molar refractivity (Wildman–Crippen MR) is 73.3 cm³/mol. The average molecular weight is 256 g/mol. The van der Waals surface area contributed by atoms with Crippen molar-refractivity contribution in [3.8, 4) is 5.75 Å². The summed E-state index contributed by atoms with van der Waals surface area (Å²) in [6.45, 7) is 0.720. The highest BCUT2D eigenvalue weighted by Gasteiger charge is 2.13. The van der Waals surface area contributed by atoms with Crippen LogP contribution in [0.2, 0.25) is 0 Å². The Morgan fingerprint density at radius 2 is 2.28 bits per heavy atom. The van der Waals surface area contributed by atoms with E-state index < -0.39 is 0 Å². The van der Waals surface area contributed by atoms with Crippen molar-refractivity contribution in [3.05, 3.63) is 57.8 Å². The van der Waals surface area contributed by atoms with Gasteiger partial charge in [0.1, 0.15) is 5.75 Å². The molecule has 0 N–H and O–H groups in total. The number of fused-ring (bicyclic) bond motifs is 1. The first kappa shape index (κ1) is 11.2. The van der Waals surface area contributed by atoms with Gasteiger partial charge in [0.05, 0.1) is 6.61 Å². The number of carbonyl (C=O) groups excluding carboxylic acids is 1. The molecule has 2 nitrogen and oxygen atoms in total. The molecule has 0 amide bonds. The van der Waals surface area contributed by atoms with E-state index in [1.165, 1.54) is 0 Å². The maximum absolute atomic E-state index is 12.0. The molecule has 3 heteroatoms. The number of ketones is 1. The second kappa shape index (κ2) is 4.78. The maximum atomic E-state index is 12.0. The Kier molecular flexibility index (Phi) is 2.99. The summed E-state index contributed by atoms with van der Waals surface area (Å²) in [5.41, 5.74) is 2.92. The number of rotatable bonds is 3. The zero-order chi connectivity index (χ0) is 12.4. The molecule has 90 valence electrons. The molecule has 1 aromatic carbocycles. The summed E-state index contributed by atoms with van der Waals surface area (Å²) >= 11 is 1.62. The van der Waals surface area contributed by atoms with Gasteiger partial charge >= 0.3 is 0 Å². The molecule has 18 heavy (non-hydrogen) atoms. The highest BCUT2D eigenvalue weighted by molar-refractivity contribution is 7.08. The lowest BCUT2D eigenvalue weighted by Crippen LogP contribution is -1.94. The molecule has 0 aliphatic carbocycles. The minimum absolute atomic E-state index is 0.0379. The summed E-state index contributed by atoms with van der Waals surface area (Å²) in [5.74, 6) is 0.948.